The van der Waals surface area contributed by atoms with Crippen molar-refractivity contribution >= 4 is 11.6 Å². The Morgan fingerprint density at radius 3 is 2.60 bits per heavy atom. The SMILES string of the molecule is Cc1cc(C2=CCC(C)C=C2)cc(-c2c(C)ccc3c2C=CCC3)c1. The van der Waals surface area contributed by atoms with Gasteiger partial charge in [0, 0.05) is 0 Å². The van der Waals surface area contributed by atoms with E-state index < -0.39 is 0 Å². The predicted octanol–water partition coefficient (Wildman–Crippen LogP) is 6.91. The third kappa shape index (κ3) is 3.14. The Kier molecular flexibility index (Phi) is 4.21. The van der Waals surface area contributed by atoms with Crippen molar-refractivity contribution in [2.24, 2.45) is 5.92 Å². The number of fused-ring (bicyclic) bond motifs is 1. The first kappa shape index (κ1) is 16.1. The van der Waals surface area contributed by atoms with E-state index >= 15 is 0 Å². The first-order valence-electron chi connectivity index (χ1n) is 9.41. The second-order valence-corrected chi connectivity index (χ2v) is 7.59. The number of rotatable bonds is 2. The largest absolute Gasteiger partial charge is 0.0836 e. The van der Waals surface area contributed by atoms with Crippen LogP contribution in [0.1, 0.15) is 47.6 Å². The van der Waals surface area contributed by atoms with Crippen molar-refractivity contribution in [2.75, 3.05) is 0 Å². The molecule has 25 heavy (non-hydrogen) atoms. The summed E-state index contributed by atoms with van der Waals surface area (Å²) in [5.74, 6) is 0.654. The quantitative estimate of drug-likeness (QED) is 0.562. The molecular weight excluding hydrogens is 300 g/mol. The van der Waals surface area contributed by atoms with Crippen LogP contribution >= 0.6 is 0 Å². The van der Waals surface area contributed by atoms with Gasteiger partial charge in [0.2, 0.25) is 0 Å². The van der Waals surface area contributed by atoms with E-state index in [0.717, 1.165) is 19.3 Å². The van der Waals surface area contributed by atoms with Gasteiger partial charge in [-0.3, -0.25) is 0 Å². The molecule has 0 amide bonds. The zero-order chi connectivity index (χ0) is 17.4. The number of allylic oxidation sites excluding steroid dienone is 5. The molecule has 0 nitrogen and oxygen atoms in total. The fourth-order valence-corrected chi connectivity index (χ4v) is 4.04. The van der Waals surface area contributed by atoms with Gasteiger partial charge in [0.05, 0.1) is 0 Å². The highest BCUT2D eigenvalue weighted by atomic mass is 14.2. The van der Waals surface area contributed by atoms with E-state index in [4.69, 9.17) is 0 Å². The van der Waals surface area contributed by atoms with E-state index in [-0.39, 0.29) is 0 Å². The molecule has 4 rings (SSSR count). The van der Waals surface area contributed by atoms with Crippen molar-refractivity contribution in [1.29, 1.82) is 0 Å². The van der Waals surface area contributed by atoms with Gasteiger partial charge < -0.3 is 0 Å². The van der Waals surface area contributed by atoms with Crippen LogP contribution in [-0.2, 0) is 6.42 Å². The maximum Gasteiger partial charge on any atom is -0.00792 e. The van der Waals surface area contributed by atoms with Crippen LogP contribution in [-0.4, -0.2) is 0 Å². The Labute approximate surface area is 151 Å². The van der Waals surface area contributed by atoms with Crippen LogP contribution in [0.3, 0.4) is 0 Å². The van der Waals surface area contributed by atoms with Gasteiger partial charge in [0.1, 0.15) is 0 Å². The van der Waals surface area contributed by atoms with Gasteiger partial charge in [-0.2, -0.15) is 0 Å². The second kappa shape index (κ2) is 6.52. The van der Waals surface area contributed by atoms with Gasteiger partial charge in [-0.15, -0.1) is 0 Å². The minimum atomic E-state index is 0.654. The van der Waals surface area contributed by atoms with Crippen LogP contribution in [0.5, 0.6) is 0 Å². The molecular formula is C25H26. The van der Waals surface area contributed by atoms with Gasteiger partial charge in [-0.25, -0.2) is 0 Å². The van der Waals surface area contributed by atoms with E-state index in [9.17, 15) is 0 Å². The molecule has 2 aromatic carbocycles. The molecule has 0 spiro atoms. The first-order chi connectivity index (χ1) is 12.1. The molecule has 126 valence electrons. The molecule has 0 radical (unpaired) electrons. The molecule has 0 aliphatic heterocycles. The highest BCUT2D eigenvalue weighted by Gasteiger charge is 2.15. The molecule has 0 bridgehead atoms. The zero-order valence-corrected chi connectivity index (χ0v) is 15.5. The molecule has 0 aromatic heterocycles. The molecule has 2 aliphatic carbocycles. The van der Waals surface area contributed by atoms with Crippen LogP contribution in [0.2, 0.25) is 0 Å². The second-order valence-electron chi connectivity index (χ2n) is 7.59. The Morgan fingerprint density at radius 1 is 0.960 bits per heavy atom. The Hall–Kier alpha value is -2.34. The highest BCUT2D eigenvalue weighted by Crippen LogP contribution is 2.36. The molecule has 2 aromatic rings. The molecule has 1 unspecified atom stereocenters. The van der Waals surface area contributed by atoms with E-state index in [2.05, 4.69) is 81.5 Å². The van der Waals surface area contributed by atoms with Gasteiger partial charge >= 0.3 is 0 Å². The van der Waals surface area contributed by atoms with Crippen LogP contribution in [0.25, 0.3) is 22.8 Å². The summed E-state index contributed by atoms with van der Waals surface area (Å²) >= 11 is 0. The Balaban J connectivity index is 1.86. The third-order valence-corrected chi connectivity index (χ3v) is 5.42. The lowest BCUT2D eigenvalue weighted by Crippen LogP contribution is -2.00. The fraction of sp³-hybridized carbons (Fsp3) is 0.280. The van der Waals surface area contributed by atoms with Gasteiger partial charge in [0.25, 0.3) is 0 Å². The Bertz CT molecular complexity index is 906. The minimum Gasteiger partial charge on any atom is -0.0836 e. The minimum absolute atomic E-state index is 0.654. The number of hydrogen-bond donors (Lipinski definition) is 0. The Morgan fingerprint density at radius 2 is 1.80 bits per heavy atom. The fourth-order valence-electron chi connectivity index (χ4n) is 4.04. The van der Waals surface area contributed by atoms with Crippen molar-refractivity contribution in [1.82, 2.24) is 0 Å². The third-order valence-electron chi connectivity index (χ3n) is 5.42. The van der Waals surface area contributed by atoms with Crippen molar-refractivity contribution in [2.45, 2.75) is 40.0 Å². The summed E-state index contributed by atoms with van der Waals surface area (Å²) in [6.45, 7) is 6.72. The normalized spacial score (nSPS) is 18.8. The molecule has 0 saturated heterocycles. The molecule has 1 atom stereocenters. The zero-order valence-electron chi connectivity index (χ0n) is 15.5. The summed E-state index contributed by atoms with van der Waals surface area (Å²) in [5.41, 5.74) is 11.1. The average molecular weight is 326 g/mol. The lowest BCUT2D eigenvalue weighted by atomic mass is 9.85. The lowest BCUT2D eigenvalue weighted by Gasteiger charge is -2.19. The number of aryl methyl sites for hydroxylation is 3. The summed E-state index contributed by atoms with van der Waals surface area (Å²) < 4.78 is 0. The maximum absolute atomic E-state index is 2.39. The molecule has 0 fully saturated rings. The summed E-state index contributed by atoms with van der Waals surface area (Å²) in [4.78, 5) is 0. The topological polar surface area (TPSA) is 0 Å². The molecule has 2 aliphatic rings. The van der Waals surface area contributed by atoms with Crippen LogP contribution < -0.4 is 0 Å². The van der Waals surface area contributed by atoms with Crippen LogP contribution in [0, 0.1) is 19.8 Å². The van der Waals surface area contributed by atoms with Crippen molar-refractivity contribution in [3.05, 3.63) is 82.5 Å². The van der Waals surface area contributed by atoms with E-state index in [1.807, 2.05) is 0 Å². The van der Waals surface area contributed by atoms with Crippen LogP contribution in [0.15, 0.2) is 54.6 Å². The summed E-state index contributed by atoms with van der Waals surface area (Å²) in [6, 6.07) is 11.6. The number of hydrogen-bond acceptors (Lipinski definition) is 0. The summed E-state index contributed by atoms with van der Waals surface area (Å²) in [5, 5.41) is 0. The monoisotopic (exact) mass is 326 g/mol. The average Bonchev–Trinajstić information content (AvgIpc) is 2.61. The van der Waals surface area contributed by atoms with Gasteiger partial charge in [-0.05, 0) is 89.6 Å². The van der Waals surface area contributed by atoms with E-state index in [0.29, 0.717) is 5.92 Å². The smallest absolute Gasteiger partial charge is 0.00792 e. The standard InChI is InChI=1S/C25H26/c1-17-8-11-20(12-9-17)22-14-18(2)15-23(16-22)25-19(3)10-13-21-6-4-5-7-24(21)25/h5,7-8,10-17H,4,6,9H2,1-3H3. The highest BCUT2D eigenvalue weighted by molar-refractivity contribution is 5.84. The summed E-state index contributed by atoms with van der Waals surface area (Å²) in [6.07, 6.45) is 15.1. The van der Waals surface area contributed by atoms with Gasteiger partial charge in [0.15, 0.2) is 0 Å². The molecule has 0 saturated carbocycles. The first-order valence-corrected chi connectivity index (χ1v) is 9.41. The maximum atomic E-state index is 2.39. The molecule has 0 N–H and O–H groups in total. The van der Waals surface area contributed by atoms with E-state index in [1.54, 1.807) is 0 Å². The van der Waals surface area contributed by atoms with E-state index in [1.165, 1.54) is 44.5 Å². The number of benzene rings is 2. The summed E-state index contributed by atoms with van der Waals surface area (Å²) in [7, 11) is 0. The lowest BCUT2D eigenvalue weighted by molar-refractivity contribution is 0.739. The van der Waals surface area contributed by atoms with Crippen molar-refractivity contribution in [3.63, 3.8) is 0 Å². The molecule has 0 heterocycles. The van der Waals surface area contributed by atoms with Gasteiger partial charge in [-0.1, -0.05) is 61.6 Å². The predicted molar refractivity (Wildman–Crippen MR) is 110 cm³/mol. The van der Waals surface area contributed by atoms with Crippen molar-refractivity contribution in [3.8, 4) is 11.1 Å². The van der Waals surface area contributed by atoms with Crippen molar-refractivity contribution < 1.29 is 0 Å². The molecule has 0 heteroatoms. The van der Waals surface area contributed by atoms with Crippen LogP contribution in [0.4, 0.5) is 0 Å².